The maximum absolute atomic E-state index is 12.8. The van der Waals surface area contributed by atoms with Gasteiger partial charge in [-0.1, -0.05) is 48.0 Å². The molecule has 0 spiro atoms. The lowest BCUT2D eigenvalue weighted by Crippen LogP contribution is -2.20. The number of para-hydroxylation sites is 1. The molecule has 0 fully saturated rings. The predicted octanol–water partition coefficient (Wildman–Crippen LogP) is 6.26. The highest BCUT2D eigenvalue weighted by atomic mass is 32.2. The topological polar surface area (TPSA) is 51.9 Å². The van der Waals surface area contributed by atoms with Gasteiger partial charge in [0.1, 0.15) is 12.4 Å². The zero-order chi connectivity index (χ0) is 23.4. The molecule has 7 heteroatoms. The average Bonchev–Trinajstić information content (AvgIpc) is 3.11. The summed E-state index contributed by atoms with van der Waals surface area (Å²) in [6, 6.07) is 24.3. The summed E-state index contributed by atoms with van der Waals surface area (Å²) in [5.41, 5.74) is 5.08. The standard InChI is InChI=1S/C26H26N4OS2/c1-18-10-13-22(14-11-18)33-17-24-28-29(26(32)30(24)21-7-5-4-6-8-21)16-25(31)27-23-15-19(2)9-12-20(23)3/h4-15H,16-17H2,1-3H3,(H,27,31). The molecule has 0 aliphatic carbocycles. The van der Waals surface area contributed by atoms with Gasteiger partial charge in [0.15, 0.2) is 0 Å². The molecule has 3 aromatic carbocycles. The molecule has 1 amide bonds. The van der Waals surface area contributed by atoms with Crippen LogP contribution in [-0.2, 0) is 17.1 Å². The van der Waals surface area contributed by atoms with Crippen LogP contribution in [0, 0.1) is 25.5 Å². The third-order valence-corrected chi connectivity index (χ3v) is 6.67. The number of hydrogen-bond acceptors (Lipinski definition) is 4. The Balaban J connectivity index is 1.60. The zero-order valence-electron chi connectivity index (χ0n) is 18.9. The lowest BCUT2D eigenvalue weighted by atomic mass is 10.1. The van der Waals surface area contributed by atoms with Crippen molar-refractivity contribution in [3.05, 3.63) is 100 Å². The second kappa shape index (κ2) is 10.2. The Hall–Kier alpha value is -3.16. The van der Waals surface area contributed by atoms with E-state index in [1.807, 2.05) is 66.9 Å². The van der Waals surface area contributed by atoms with Crippen molar-refractivity contribution in [1.82, 2.24) is 14.3 Å². The first kappa shape index (κ1) is 23.0. The molecule has 1 heterocycles. The summed E-state index contributed by atoms with van der Waals surface area (Å²) < 4.78 is 4.05. The number of aryl methyl sites for hydroxylation is 3. The molecule has 33 heavy (non-hydrogen) atoms. The number of carbonyl (C=O) groups is 1. The van der Waals surface area contributed by atoms with E-state index in [0.717, 1.165) is 33.2 Å². The molecule has 1 N–H and O–H groups in total. The molecule has 0 radical (unpaired) electrons. The van der Waals surface area contributed by atoms with E-state index in [2.05, 4.69) is 36.5 Å². The van der Waals surface area contributed by atoms with Gasteiger partial charge in [0, 0.05) is 16.3 Å². The molecule has 0 atom stereocenters. The molecular formula is C26H26N4OS2. The number of carbonyl (C=O) groups excluding carboxylic acids is 1. The first-order valence-corrected chi connectivity index (χ1v) is 12.1. The Morgan fingerprint density at radius 2 is 1.67 bits per heavy atom. The first-order valence-electron chi connectivity index (χ1n) is 10.7. The molecule has 0 saturated carbocycles. The van der Waals surface area contributed by atoms with Gasteiger partial charge >= 0.3 is 0 Å². The van der Waals surface area contributed by atoms with Gasteiger partial charge in [0.25, 0.3) is 0 Å². The van der Waals surface area contributed by atoms with Gasteiger partial charge in [-0.25, -0.2) is 4.68 Å². The number of anilines is 1. The normalized spacial score (nSPS) is 10.9. The second-order valence-electron chi connectivity index (χ2n) is 8.00. The number of benzene rings is 3. The summed E-state index contributed by atoms with van der Waals surface area (Å²) in [6.45, 7) is 6.11. The number of amides is 1. The van der Waals surface area contributed by atoms with E-state index in [4.69, 9.17) is 17.3 Å². The Kier molecular flexibility index (Phi) is 7.11. The van der Waals surface area contributed by atoms with Crippen LogP contribution >= 0.6 is 24.0 Å². The van der Waals surface area contributed by atoms with E-state index in [-0.39, 0.29) is 12.5 Å². The predicted molar refractivity (Wildman–Crippen MR) is 138 cm³/mol. The highest BCUT2D eigenvalue weighted by molar-refractivity contribution is 7.98. The third-order valence-electron chi connectivity index (χ3n) is 5.27. The average molecular weight is 475 g/mol. The zero-order valence-corrected chi connectivity index (χ0v) is 20.5. The van der Waals surface area contributed by atoms with Crippen LogP contribution in [0.4, 0.5) is 5.69 Å². The molecule has 0 saturated heterocycles. The van der Waals surface area contributed by atoms with Gasteiger partial charge in [-0.2, -0.15) is 5.10 Å². The Labute approximate surface area is 203 Å². The third kappa shape index (κ3) is 5.61. The van der Waals surface area contributed by atoms with Crippen LogP contribution in [0.2, 0.25) is 0 Å². The van der Waals surface area contributed by atoms with Crippen molar-refractivity contribution in [2.75, 3.05) is 5.32 Å². The largest absolute Gasteiger partial charge is 0.324 e. The number of nitrogens with one attached hydrogen (secondary N) is 1. The van der Waals surface area contributed by atoms with Crippen LogP contribution in [-0.4, -0.2) is 20.3 Å². The quantitative estimate of drug-likeness (QED) is 0.254. The minimum atomic E-state index is -0.157. The summed E-state index contributed by atoms with van der Waals surface area (Å²) in [5, 5.41) is 7.73. The molecule has 0 aliphatic heterocycles. The molecule has 168 valence electrons. The first-order chi connectivity index (χ1) is 15.9. The van der Waals surface area contributed by atoms with Gasteiger partial charge in [-0.3, -0.25) is 9.36 Å². The summed E-state index contributed by atoms with van der Waals surface area (Å²) in [6.07, 6.45) is 0. The van der Waals surface area contributed by atoms with Crippen LogP contribution in [0.3, 0.4) is 0 Å². The number of nitrogens with zero attached hydrogens (tertiary/aromatic N) is 3. The Morgan fingerprint density at radius 1 is 0.970 bits per heavy atom. The maximum atomic E-state index is 12.8. The van der Waals surface area contributed by atoms with E-state index in [0.29, 0.717) is 10.5 Å². The second-order valence-corrected chi connectivity index (χ2v) is 9.41. The number of aromatic nitrogens is 3. The molecule has 4 aromatic rings. The van der Waals surface area contributed by atoms with E-state index in [1.54, 1.807) is 16.4 Å². The van der Waals surface area contributed by atoms with Gasteiger partial charge < -0.3 is 5.32 Å². The van der Waals surface area contributed by atoms with E-state index < -0.39 is 0 Å². The van der Waals surface area contributed by atoms with E-state index in [1.165, 1.54) is 5.56 Å². The SMILES string of the molecule is Cc1ccc(SCc2nn(CC(=O)Nc3cc(C)ccc3C)c(=S)n2-c2ccccc2)cc1. The molecule has 0 bridgehead atoms. The van der Waals surface area contributed by atoms with E-state index in [9.17, 15) is 4.79 Å². The summed E-state index contributed by atoms with van der Waals surface area (Å²) in [7, 11) is 0. The van der Waals surface area contributed by atoms with Crippen LogP contribution in [0.25, 0.3) is 5.69 Å². The highest BCUT2D eigenvalue weighted by Gasteiger charge is 2.16. The summed E-state index contributed by atoms with van der Waals surface area (Å²) in [4.78, 5) is 14.0. The molecule has 0 unspecified atom stereocenters. The van der Waals surface area contributed by atoms with Crippen molar-refractivity contribution in [2.24, 2.45) is 0 Å². The summed E-state index contributed by atoms with van der Waals surface area (Å²) in [5.74, 6) is 1.28. The minimum Gasteiger partial charge on any atom is -0.324 e. The van der Waals surface area contributed by atoms with Crippen LogP contribution < -0.4 is 5.32 Å². The van der Waals surface area contributed by atoms with Crippen LogP contribution in [0.15, 0.2) is 77.7 Å². The molecular weight excluding hydrogens is 448 g/mol. The van der Waals surface area contributed by atoms with Crippen molar-refractivity contribution in [3.63, 3.8) is 0 Å². The van der Waals surface area contributed by atoms with Crippen molar-refractivity contribution >= 4 is 35.6 Å². The Morgan fingerprint density at radius 3 is 2.39 bits per heavy atom. The van der Waals surface area contributed by atoms with Gasteiger partial charge in [0.2, 0.25) is 10.7 Å². The van der Waals surface area contributed by atoms with Gasteiger partial charge in [-0.15, -0.1) is 11.8 Å². The fraction of sp³-hybridized carbons (Fsp3) is 0.192. The number of hydrogen-bond donors (Lipinski definition) is 1. The van der Waals surface area contributed by atoms with Gasteiger partial charge in [-0.05, 0) is 74.4 Å². The van der Waals surface area contributed by atoms with Crippen molar-refractivity contribution in [1.29, 1.82) is 0 Å². The smallest absolute Gasteiger partial charge is 0.246 e. The lowest BCUT2D eigenvalue weighted by molar-refractivity contribution is -0.116. The molecule has 5 nitrogen and oxygen atoms in total. The monoisotopic (exact) mass is 474 g/mol. The maximum Gasteiger partial charge on any atom is 0.246 e. The highest BCUT2D eigenvalue weighted by Crippen LogP contribution is 2.24. The van der Waals surface area contributed by atoms with Crippen molar-refractivity contribution < 1.29 is 4.79 Å². The lowest BCUT2D eigenvalue weighted by Gasteiger charge is -2.09. The van der Waals surface area contributed by atoms with Gasteiger partial charge in [0.05, 0.1) is 5.75 Å². The molecule has 4 rings (SSSR count). The number of rotatable bonds is 7. The fourth-order valence-electron chi connectivity index (χ4n) is 3.46. The summed E-state index contributed by atoms with van der Waals surface area (Å²) >= 11 is 7.44. The van der Waals surface area contributed by atoms with Crippen LogP contribution in [0.1, 0.15) is 22.5 Å². The van der Waals surface area contributed by atoms with E-state index >= 15 is 0 Å². The fourth-order valence-corrected chi connectivity index (χ4v) is 4.59. The molecule has 1 aromatic heterocycles. The molecule has 0 aliphatic rings. The minimum absolute atomic E-state index is 0.0498. The van der Waals surface area contributed by atoms with Crippen molar-refractivity contribution in [3.8, 4) is 5.69 Å². The number of thioether (sulfide) groups is 1. The van der Waals surface area contributed by atoms with Crippen molar-refractivity contribution in [2.45, 2.75) is 38.0 Å². The van der Waals surface area contributed by atoms with Crippen LogP contribution in [0.5, 0.6) is 0 Å². The Bertz CT molecular complexity index is 1320.